The molecule has 0 radical (unpaired) electrons. The van der Waals surface area contributed by atoms with Gasteiger partial charge in [-0.1, -0.05) is 6.92 Å². The van der Waals surface area contributed by atoms with Crippen molar-refractivity contribution < 1.29 is 28.6 Å². The number of hydrogen-bond donors (Lipinski definition) is 1. The first-order valence-corrected chi connectivity index (χ1v) is 17.3. The number of amides is 2. The van der Waals surface area contributed by atoms with Gasteiger partial charge in [-0.2, -0.15) is 5.10 Å². The van der Waals surface area contributed by atoms with Gasteiger partial charge in [-0.3, -0.25) is 24.0 Å². The van der Waals surface area contributed by atoms with Crippen molar-refractivity contribution in [1.82, 2.24) is 29.9 Å². The number of aryl methyl sites for hydroxylation is 2. The highest BCUT2D eigenvalue weighted by atomic mass is 16.5. The fourth-order valence-electron chi connectivity index (χ4n) is 7.22. The van der Waals surface area contributed by atoms with Crippen molar-refractivity contribution in [3.05, 3.63) is 34.6 Å². The number of pyridine rings is 1. The lowest BCUT2D eigenvalue weighted by molar-refractivity contribution is -0.132. The van der Waals surface area contributed by atoms with Gasteiger partial charge in [0.15, 0.2) is 17.3 Å². The molecule has 1 aromatic carbocycles. The molecule has 1 fully saturated rings. The standard InChI is InChI=1S/C36H51N7O6/c1-8-40-16-17-41(32(46)12-15-43-24(3)33(25(4)44)23(2)39-43)14-11-31(45)37-20-26-10-9-13-42(21-26)36-27(22-40)18-28-29(38-36)19-30(47-5)35(49-7)34(28)48-6/h18-19,26H,8-17,20-22H2,1-7H3,(H,37,45). The highest BCUT2D eigenvalue weighted by Gasteiger charge is 2.27. The van der Waals surface area contributed by atoms with Gasteiger partial charge in [0.25, 0.3) is 0 Å². The molecule has 1 saturated heterocycles. The molecule has 0 saturated carbocycles. The Morgan fingerprint density at radius 3 is 2.47 bits per heavy atom. The number of aromatic nitrogens is 3. The van der Waals surface area contributed by atoms with Crippen molar-refractivity contribution in [1.29, 1.82) is 0 Å². The summed E-state index contributed by atoms with van der Waals surface area (Å²) in [4.78, 5) is 50.5. The maximum Gasteiger partial charge on any atom is 0.224 e. The van der Waals surface area contributed by atoms with E-state index in [0.717, 1.165) is 60.5 Å². The summed E-state index contributed by atoms with van der Waals surface area (Å²) in [5.74, 6) is 2.68. The minimum Gasteiger partial charge on any atom is -0.493 e. The molecule has 2 aromatic heterocycles. The lowest BCUT2D eigenvalue weighted by Gasteiger charge is -2.35. The van der Waals surface area contributed by atoms with Crippen LogP contribution >= 0.6 is 0 Å². The SMILES string of the molecule is CCN1CCN(C(=O)CCn2nc(C)c(C(C)=O)c2C)CCC(=O)NCC2CCCN(C2)c2nc3cc(OC)c(OC)c(OC)c3cc2C1. The molecule has 2 aliphatic heterocycles. The smallest absolute Gasteiger partial charge is 0.224 e. The molecule has 0 spiro atoms. The molecule has 49 heavy (non-hydrogen) atoms. The van der Waals surface area contributed by atoms with E-state index in [-0.39, 0.29) is 36.4 Å². The predicted octanol–water partition coefficient (Wildman–Crippen LogP) is 3.75. The molecule has 1 unspecified atom stereocenters. The number of anilines is 1. The van der Waals surface area contributed by atoms with Gasteiger partial charge in [-0.25, -0.2) is 4.98 Å². The number of carbonyl (C=O) groups is 3. The number of ether oxygens (including phenoxy) is 3. The van der Waals surface area contributed by atoms with Crippen molar-refractivity contribution in [2.45, 2.75) is 66.5 Å². The highest BCUT2D eigenvalue weighted by molar-refractivity contribution is 5.96. The van der Waals surface area contributed by atoms with Gasteiger partial charge in [0.05, 0.1) is 38.1 Å². The summed E-state index contributed by atoms with van der Waals surface area (Å²) in [5, 5.41) is 8.50. The summed E-state index contributed by atoms with van der Waals surface area (Å²) in [7, 11) is 4.82. The summed E-state index contributed by atoms with van der Waals surface area (Å²) in [6.07, 6.45) is 2.47. The number of likely N-dealkylation sites (N-methyl/N-ethyl adjacent to an activating group) is 1. The van der Waals surface area contributed by atoms with E-state index in [2.05, 4.69) is 33.2 Å². The number of carbonyl (C=O) groups excluding carboxylic acids is 3. The Balaban J connectivity index is 1.46. The lowest BCUT2D eigenvalue weighted by atomic mass is 9.97. The maximum absolute atomic E-state index is 13.7. The normalized spacial score (nSPS) is 17.9. The number of Topliss-reactive ketones (excluding diaryl/α,β-unsaturated/α-hetero) is 1. The molecule has 13 heteroatoms. The number of benzene rings is 1. The lowest BCUT2D eigenvalue weighted by Crippen LogP contribution is -2.42. The Labute approximate surface area is 288 Å². The first-order valence-electron chi connectivity index (χ1n) is 17.3. The monoisotopic (exact) mass is 677 g/mol. The molecule has 266 valence electrons. The Bertz CT molecular complexity index is 1690. The average molecular weight is 678 g/mol. The largest absolute Gasteiger partial charge is 0.493 e. The Morgan fingerprint density at radius 2 is 1.80 bits per heavy atom. The van der Waals surface area contributed by atoms with Gasteiger partial charge in [-0.15, -0.1) is 0 Å². The molecule has 0 aliphatic carbocycles. The summed E-state index contributed by atoms with van der Waals surface area (Å²) in [5.41, 5.74) is 3.85. The molecular weight excluding hydrogens is 626 g/mol. The summed E-state index contributed by atoms with van der Waals surface area (Å²) >= 11 is 0. The first kappa shape index (κ1) is 35.9. The topological polar surface area (TPSA) is 131 Å². The molecule has 5 rings (SSSR count). The summed E-state index contributed by atoms with van der Waals surface area (Å²) in [6, 6.07) is 4.04. The highest BCUT2D eigenvalue weighted by Crippen LogP contribution is 2.44. The molecule has 1 atom stereocenters. The van der Waals surface area contributed by atoms with E-state index >= 15 is 0 Å². The number of hydrogen-bond acceptors (Lipinski definition) is 10. The van der Waals surface area contributed by atoms with Crippen LogP contribution in [0.4, 0.5) is 5.82 Å². The zero-order valence-corrected chi connectivity index (χ0v) is 30.1. The Hall–Kier alpha value is -4.39. The third kappa shape index (κ3) is 7.92. The van der Waals surface area contributed by atoms with Crippen LogP contribution < -0.4 is 24.4 Å². The van der Waals surface area contributed by atoms with Crippen molar-refractivity contribution >= 4 is 34.3 Å². The molecule has 3 aromatic rings. The third-order valence-corrected chi connectivity index (χ3v) is 9.84. The van der Waals surface area contributed by atoms with E-state index in [1.54, 1.807) is 30.9 Å². The second-order valence-corrected chi connectivity index (χ2v) is 13.0. The number of fused-ring (bicyclic) bond motifs is 5. The van der Waals surface area contributed by atoms with Gasteiger partial charge >= 0.3 is 0 Å². The molecule has 1 N–H and O–H groups in total. The number of methoxy groups -OCH3 is 3. The van der Waals surface area contributed by atoms with Crippen LogP contribution in [0.2, 0.25) is 0 Å². The van der Waals surface area contributed by atoms with Crippen molar-refractivity contribution in [3.63, 3.8) is 0 Å². The van der Waals surface area contributed by atoms with Crippen LogP contribution in [0.15, 0.2) is 12.1 Å². The van der Waals surface area contributed by atoms with Crippen molar-refractivity contribution in [3.8, 4) is 17.2 Å². The van der Waals surface area contributed by atoms with Crippen LogP contribution in [0.3, 0.4) is 0 Å². The van der Waals surface area contributed by atoms with Crippen LogP contribution in [0, 0.1) is 19.8 Å². The van der Waals surface area contributed by atoms with E-state index in [1.165, 1.54) is 6.92 Å². The molecule has 2 aliphatic rings. The van der Waals surface area contributed by atoms with E-state index < -0.39 is 0 Å². The summed E-state index contributed by atoms with van der Waals surface area (Å²) < 4.78 is 18.9. The molecular formula is C36H51N7O6. The van der Waals surface area contributed by atoms with E-state index in [9.17, 15) is 14.4 Å². The van der Waals surface area contributed by atoms with E-state index in [1.807, 2.05) is 19.9 Å². The van der Waals surface area contributed by atoms with Crippen LogP contribution in [0.1, 0.15) is 66.8 Å². The molecule has 2 amide bonds. The van der Waals surface area contributed by atoms with Gasteiger partial charge in [0, 0.05) is 87.9 Å². The van der Waals surface area contributed by atoms with Crippen LogP contribution in [0.25, 0.3) is 10.9 Å². The zero-order valence-electron chi connectivity index (χ0n) is 30.1. The first-order chi connectivity index (χ1) is 23.6. The number of ketones is 1. The van der Waals surface area contributed by atoms with E-state index in [4.69, 9.17) is 19.2 Å². The number of nitrogens with one attached hydrogen (secondary N) is 1. The van der Waals surface area contributed by atoms with Gasteiger partial charge in [-0.05, 0) is 52.1 Å². The van der Waals surface area contributed by atoms with Crippen LogP contribution in [-0.2, 0) is 22.7 Å². The van der Waals surface area contributed by atoms with E-state index in [0.29, 0.717) is 67.8 Å². The number of nitrogens with zero attached hydrogens (tertiary/aromatic N) is 6. The Morgan fingerprint density at radius 1 is 1.02 bits per heavy atom. The summed E-state index contributed by atoms with van der Waals surface area (Å²) in [6.45, 7) is 12.7. The second-order valence-electron chi connectivity index (χ2n) is 13.0. The van der Waals surface area contributed by atoms with Crippen LogP contribution in [-0.4, -0.2) is 109 Å². The molecule has 2 bridgehead atoms. The van der Waals surface area contributed by atoms with Crippen LogP contribution in [0.5, 0.6) is 17.2 Å². The average Bonchev–Trinajstić information content (AvgIpc) is 3.39. The number of piperidine rings is 1. The Kier molecular flexibility index (Phi) is 11.6. The fraction of sp³-hybridized carbons (Fsp3) is 0.583. The van der Waals surface area contributed by atoms with Crippen molar-refractivity contribution in [2.75, 3.05) is 72.0 Å². The zero-order chi connectivity index (χ0) is 35.2. The number of rotatable bonds is 8. The quantitative estimate of drug-likeness (QED) is 0.352. The minimum absolute atomic E-state index is 0.0355. The maximum atomic E-state index is 13.7. The fourth-order valence-corrected chi connectivity index (χ4v) is 7.22. The van der Waals surface area contributed by atoms with Crippen molar-refractivity contribution in [2.24, 2.45) is 5.92 Å². The molecule has 13 nitrogen and oxygen atoms in total. The van der Waals surface area contributed by atoms with Gasteiger partial charge in [0.1, 0.15) is 5.82 Å². The van der Waals surface area contributed by atoms with Gasteiger partial charge < -0.3 is 29.3 Å². The molecule has 4 heterocycles. The third-order valence-electron chi connectivity index (χ3n) is 9.84. The minimum atomic E-state index is -0.0561. The predicted molar refractivity (Wildman–Crippen MR) is 188 cm³/mol. The van der Waals surface area contributed by atoms with Gasteiger partial charge in [0.2, 0.25) is 17.6 Å². The second kappa shape index (κ2) is 15.9.